The third kappa shape index (κ3) is 5.24. The van der Waals surface area contributed by atoms with Gasteiger partial charge in [-0.05, 0) is 29.7 Å². The number of guanidine groups is 1. The molecule has 2 rings (SSSR count). The Bertz CT molecular complexity index is 578. The number of hydrogen-bond acceptors (Lipinski definition) is 5. The van der Waals surface area contributed by atoms with Crippen LogP contribution < -0.4 is 14.8 Å². The fourth-order valence-electron chi connectivity index (χ4n) is 2.88. The van der Waals surface area contributed by atoms with Crippen LogP contribution in [-0.2, 0) is 22.4 Å². The predicted octanol–water partition coefficient (Wildman–Crippen LogP) is 1.30. The van der Waals surface area contributed by atoms with E-state index in [1.54, 1.807) is 28.4 Å². The highest BCUT2D eigenvalue weighted by molar-refractivity contribution is 5.80. The maximum Gasteiger partial charge on any atom is 0.194 e. The van der Waals surface area contributed by atoms with Gasteiger partial charge in [-0.25, -0.2) is 0 Å². The molecule has 25 heavy (non-hydrogen) atoms. The van der Waals surface area contributed by atoms with E-state index >= 15 is 0 Å². The van der Waals surface area contributed by atoms with Crippen molar-refractivity contribution in [2.45, 2.75) is 13.0 Å². The summed E-state index contributed by atoms with van der Waals surface area (Å²) >= 11 is 0. The molecule has 1 N–H and O–H groups in total. The fourth-order valence-corrected chi connectivity index (χ4v) is 2.88. The van der Waals surface area contributed by atoms with Gasteiger partial charge in [0.25, 0.3) is 0 Å². The molecule has 0 fully saturated rings. The van der Waals surface area contributed by atoms with Crippen molar-refractivity contribution in [3.8, 4) is 11.5 Å². The average Bonchev–Trinajstić information content (AvgIpc) is 2.66. The van der Waals surface area contributed by atoms with Crippen LogP contribution >= 0.6 is 0 Å². The van der Waals surface area contributed by atoms with Crippen LogP contribution in [0, 0.1) is 0 Å². The highest BCUT2D eigenvalue weighted by atomic mass is 16.5. The molecule has 0 aliphatic carbocycles. The van der Waals surface area contributed by atoms with Crippen molar-refractivity contribution in [2.24, 2.45) is 4.99 Å². The minimum Gasteiger partial charge on any atom is -0.493 e. The molecule has 0 saturated heterocycles. The summed E-state index contributed by atoms with van der Waals surface area (Å²) in [6.45, 7) is 4.26. The maximum absolute atomic E-state index is 5.48. The van der Waals surface area contributed by atoms with Crippen molar-refractivity contribution in [3.05, 3.63) is 23.3 Å². The maximum atomic E-state index is 5.48. The second-order valence-corrected chi connectivity index (χ2v) is 5.73. The summed E-state index contributed by atoms with van der Waals surface area (Å²) in [5.74, 6) is 2.43. The Labute approximate surface area is 149 Å². The van der Waals surface area contributed by atoms with E-state index in [1.807, 2.05) is 0 Å². The zero-order valence-corrected chi connectivity index (χ0v) is 15.6. The predicted molar refractivity (Wildman–Crippen MR) is 97.7 cm³/mol. The summed E-state index contributed by atoms with van der Waals surface area (Å²) in [6, 6.07) is 4.13. The molecule has 0 spiro atoms. The van der Waals surface area contributed by atoms with Crippen molar-refractivity contribution in [1.82, 2.24) is 10.2 Å². The van der Waals surface area contributed by atoms with Crippen LogP contribution in [0.4, 0.5) is 0 Å². The van der Waals surface area contributed by atoms with Gasteiger partial charge in [-0.3, -0.25) is 4.99 Å². The quantitative estimate of drug-likeness (QED) is 0.433. The van der Waals surface area contributed by atoms with Gasteiger partial charge in [0, 0.05) is 33.8 Å². The molecule has 140 valence electrons. The molecular formula is C18H29N3O4. The van der Waals surface area contributed by atoms with Gasteiger partial charge in [-0.2, -0.15) is 0 Å². The summed E-state index contributed by atoms with van der Waals surface area (Å²) < 4.78 is 21.2. The van der Waals surface area contributed by atoms with Crippen LogP contribution in [-0.4, -0.2) is 72.1 Å². The van der Waals surface area contributed by atoms with Crippen LogP contribution in [0.2, 0.25) is 0 Å². The normalized spacial score (nSPS) is 14.2. The lowest BCUT2D eigenvalue weighted by molar-refractivity contribution is 0.0731. The molecule has 0 unspecified atom stereocenters. The van der Waals surface area contributed by atoms with Crippen LogP contribution in [0.5, 0.6) is 11.5 Å². The first-order valence-corrected chi connectivity index (χ1v) is 8.49. The summed E-state index contributed by atoms with van der Waals surface area (Å²) in [5, 5.41) is 3.35. The van der Waals surface area contributed by atoms with E-state index < -0.39 is 0 Å². The zero-order chi connectivity index (χ0) is 18.1. The van der Waals surface area contributed by atoms with Crippen LogP contribution in [0.15, 0.2) is 17.1 Å². The van der Waals surface area contributed by atoms with Crippen LogP contribution in [0.25, 0.3) is 0 Å². The van der Waals surface area contributed by atoms with E-state index in [0.29, 0.717) is 26.4 Å². The Hall–Kier alpha value is -1.99. The molecular weight excluding hydrogens is 322 g/mol. The van der Waals surface area contributed by atoms with Gasteiger partial charge in [-0.1, -0.05) is 0 Å². The third-order valence-electron chi connectivity index (χ3n) is 4.19. The molecule has 0 radical (unpaired) electrons. The summed E-state index contributed by atoms with van der Waals surface area (Å²) in [7, 11) is 6.80. The van der Waals surface area contributed by atoms with Crippen molar-refractivity contribution in [2.75, 3.05) is 61.3 Å². The lowest BCUT2D eigenvalue weighted by Crippen LogP contribution is -2.45. The lowest BCUT2D eigenvalue weighted by atomic mass is 9.99. The Morgan fingerprint density at radius 2 is 1.80 bits per heavy atom. The van der Waals surface area contributed by atoms with Crippen molar-refractivity contribution >= 4 is 5.96 Å². The number of fused-ring (bicyclic) bond motifs is 1. The highest BCUT2D eigenvalue weighted by Crippen LogP contribution is 2.33. The van der Waals surface area contributed by atoms with Crippen LogP contribution in [0.1, 0.15) is 11.1 Å². The molecule has 0 amide bonds. The van der Waals surface area contributed by atoms with E-state index in [0.717, 1.165) is 37.0 Å². The Morgan fingerprint density at radius 3 is 2.44 bits per heavy atom. The molecule has 0 aromatic heterocycles. The number of aliphatic imine (C=N–C) groups is 1. The molecule has 1 aliphatic heterocycles. The summed E-state index contributed by atoms with van der Waals surface area (Å²) in [4.78, 5) is 6.63. The van der Waals surface area contributed by atoms with Gasteiger partial charge in [-0.15, -0.1) is 0 Å². The number of hydrogen-bond donors (Lipinski definition) is 1. The number of nitrogens with one attached hydrogen (secondary N) is 1. The fraction of sp³-hybridized carbons (Fsp3) is 0.611. The van der Waals surface area contributed by atoms with E-state index in [9.17, 15) is 0 Å². The van der Waals surface area contributed by atoms with E-state index in [2.05, 4.69) is 27.3 Å². The number of rotatable bonds is 8. The topological polar surface area (TPSA) is 64.6 Å². The van der Waals surface area contributed by atoms with Gasteiger partial charge in [0.2, 0.25) is 0 Å². The second-order valence-electron chi connectivity index (χ2n) is 5.73. The molecule has 0 atom stereocenters. The number of methoxy groups -OCH3 is 3. The molecule has 0 saturated carbocycles. The van der Waals surface area contributed by atoms with Gasteiger partial charge >= 0.3 is 0 Å². The minimum atomic E-state index is 0.607. The monoisotopic (exact) mass is 351 g/mol. The minimum absolute atomic E-state index is 0.607. The van der Waals surface area contributed by atoms with E-state index in [4.69, 9.17) is 18.9 Å². The molecule has 0 bridgehead atoms. The van der Waals surface area contributed by atoms with Crippen molar-refractivity contribution in [1.29, 1.82) is 0 Å². The van der Waals surface area contributed by atoms with Crippen molar-refractivity contribution in [3.63, 3.8) is 0 Å². The first-order chi connectivity index (χ1) is 12.2. The van der Waals surface area contributed by atoms with Gasteiger partial charge < -0.3 is 29.2 Å². The Kier molecular flexibility index (Phi) is 7.81. The SMILES string of the molecule is CN=C(NCCOCCOC)N1CCc2cc(OC)c(OC)cc2C1. The van der Waals surface area contributed by atoms with E-state index in [1.165, 1.54) is 11.1 Å². The number of benzene rings is 1. The average molecular weight is 351 g/mol. The smallest absolute Gasteiger partial charge is 0.194 e. The molecule has 7 heteroatoms. The molecule has 1 aromatic rings. The number of nitrogens with zero attached hydrogens (tertiary/aromatic N) is 2. The molecule has 1 heterocycles. The standard InChI is InChI=1S/C18H29N3O4/c1-19-18(20-6-8-25-10-9-22-2)21-7-5-14-11-16(23-3)17(24-4)12-15(14)13-21/h11-12H,5-10,13H2,1-4H3,(H,19,20). The van der Waals surface area contributed by atoms with Crippen molar-refractivity contribution < 1.29 is 18.9 Å². The molecule has 7 nitrogen and oxygen atoms in total. The molecule has 1 aromatic carbocycles. The Balaban J connectivity index is 1.93. The van der Waals surface area contributed by atoms with Gasteiger partial charge in [0.05, 0.1) is 34.0 Å². The van der Waals surface area contributed by atoms with E-state index in [-0.39, 0.29) is 0 Å². The number of ether oxygens (including phenoxy) is 4. The summed E-state index contributed by atoms with van der Waals surface area (Å²) in [6.07, 6.45) is 0.945. The highest BCUT2D eigenvalue weighted by Gasteiger charge is 2.21. The first-order valence-electron chi connectivity index (χ1n) is 8.49. The zero-order valence-electron chi connectivity index (χ0n) is 15.6. The van der Waals surface area contributed by atoms with Crippen LogP contribution in [0.3, 0.4) is 0 Å². The van der Waals surface area contributed by atoms with Gasteiger partial charge in [0.15, 0.2) is 17.5 Å². The third-order valence-corrected chi connectivity index (χ3v) is 4.19. The first kappa shape index (κ1) is 19.3. The van der Waals surface area contributed by atoms with Gasteiger partial charge in [0.1, 0.15) is 0 Å². The Morgan fingerprint density at radius 1 is 1.08 bits per heavy atom. The second kappa shape index (κ2) is 10.1. The molecule has 1 aliphatic rings. The largest absolute Gasteiger partial charge is 0.493 e. The summed E-state index contributed by atoms with van der Waals surface area (Å²) in [5.41, 5.74) is 2.54. The lowest BCUT2D eigenvalue weighted by Gasteiger charge is -2.32.